The van der Waals surface area contributed by atoms with Gasteiger partial charge in [-0.1, -0.05) is 13.8 Å². The summed E-state index contributed by atoms with van der Waals surface area (Å²) in [5.74, 6) is -2.09. The van der Waals surface area contributed by atoms with Gasteiger partial charge in [0.15, 0.2) is 0 Å². The number of carboxylic acids is 2. The zero-order chi connectivity index (χ0) is 13.5. The zero-order valence-corrected chi connectivity index (χ0v) is 9.62. The van der Waals surface area contributed by atoms with Gasteiger partial charge in [-0.15, -0.1) is 0 Å². The van der Waals surface area contributed by atoms with E-state index in [0.717, 1.165) is 0 Å². The highest BCUT2D eigenvalue weighted by atomic mass is 16.4. The highest BCUT2D eigenvalue weighted by molar-refractivity contribution is 5.73. The van der Waals surface area contributed by atoms with Gasteiger partial charge in [0, 0.05) is 0 Å². The Kier molecular flexibility index (Phi) is 8.64. The largest absolute Gasteiger partial charge is 0.480 e. The second-order valence-corrected chi connectivity index (χ2v) is 3.71. The lowest BCUT2D eigenvalue weighted by atomic mass is 10.1. The van der Waals surface area contributed by atoms with E-state index in [1.807, 2.05) is 0 Å². The van der Waals surface area contributed by atoms with Crippen LogP contribution < -0.4 is 11.5 Å². The SMILES string of the molecule is CC(C)[C@H](N)C(=O)O.CC(O)[C@H](N)C(=O)O. The van der Waals surface area contributed by atoms with Gasteiger partial charge in [-0.2, -0.15) is 0 Å². The van der Waals surface area contributed by atoms with Crippen LogP contribution in [0.15, 0.2) is 0 Å². The van der Waals surface area contributed by atoms with Crippen LogP contribution in [-0.2, 0) is 9.59 Å². The second-order valence-electron chi connectivity index (χ2n) is 3.71. The third-order valence-electron chi connectivity index (χ3n) is 1.81. The summed E-state index contributed by atoms with van der Waals surface area (Å²) >= 11 is 0. The van der Waals surface area contributed by atoms with Crippen molar-refractivity contribution in [3.05, 3.63) is 0 Å². The summed E-state index contributed by atoms with van der Waals surface area (Å²) in [6.45, 7) is 4.89. The van der Waals surface area contributed by atoms with Crippen LogP contribution in [0.25, 0.3) is 0 Å². The summed E-state index contributed by atoms with van der Waals surface area (Å²) in [5.41, 5.74) is 10.1. The molecular formula is C9H20N2O5. The number of aliphatic carboxylic acids is 2. The number of hydrogen-bond donors (Lipinski definition) is 5. The summed E-state index contributed by atoms with van der Waals surface area (Å²) in [6, 6.07) is -1.87. The molecule has 0 fully saturated rings. The van der Waals surface area contributed by atoms with Crippen LogP contribution in [0.2, 0.25) is 0 Å². The highest BCUT2D eigenvalue weighted by Gasteiger charge is 2.16. The fraction of sp³-hybridized carbons (Fsp3) is 0.778. The third-order valence-corrected chi connectivity index (χ3v) is 1.81. The molecule has 7 N–H and O–H groups in total. The van der Waals surface area contributed by atoms with E-state index in [4.69, 9.17) is 26.8 Å². The van der Waals surface area contributed by atoms with Crippen molar-refractivity contribution in [2.45, 2.75) is 39.0 Å². The second kappa shape index (κ2) is 8.03. The van der Waals surface area contributed by atoms with E-state index in [9.17, 15) is 9.59 Å². The third kappa shape index (κ3) is 8.16. The first-order chi connectivity index (χ1) is 7.11. The topological polar surface area (TPSA) is 147 Å². The normalized spacial score (nSPS) is 15.7. The van der Waals surface area contributed by atoms with Gasteiger partial charge in [-0.05, 0) is 12.8 Å². The Morgan fingerprint density at radius 1 is 0.938 bits per heavy atom. The van der Waals surface area contributed by atoms with Crippen LogP contribution in [0.4, 0.5) is 0 Å². The molecule has 0 spiro atoms. The zero-order valence-electron chi connectivity index (χ0n) is 9.62. The molecule has 0 aromatic rings. The first-order valence-electron chi connectivity index (χ1n) is 4.76. The molecule has 0 bridgehead atoms. The Labute approximate surface area is 94.1 Å². The van der Waals surface area contributed by atoms with Crippen molar-refractivity contribution in [2.75, 3.05) is 0 Å². The average Bonchev–Trinajstić information content (AvgIpc) is 2.15. The maximum Gasteiger partial charge on any atom is 0.323 e. The Morgan fingerprint density at radius 2 is 1.25 bits per heavy atom. The number of rotatable bonds is 4. The van der Waals surface area contributed by atoms with Crippen molar-refractivity contribution in [1.82, 2.24) is 0 Å². The molecule has 0 aliphatic rings. The highest BCUT2D eigenvalue weighted by Crippen LogP contribution is 1.96. The minimum Gasteiger partial charge on any atom is -0.480 e. The van der Waals surface area contributed by atoms with Crippen LogP contribution >= 0.6 is 0 Å². The fourth-order valence-corrected chi connectivity index (χ4v) is 0.491. The van der Waals surface area contributed by atoms with Gasteiger partial charge in [0.2, 0.25) is 0 Å². The number of aliphatic hydroxyl groups is 1. The summed E-state index contributed by atoms with van der Waals surface area (Å²) in [4.78, 5) is 19.9. The molecule has 0 saturated heterocycles. The van der Waals surface area contributed by atoms with Crippen molar-refractivity contribution in [2.24, 2.45) is 17.4 Å². The molecule has 16 heavy (non-hydrogen) atoms. The summed E-state index contributed by atoms with van der Waals surface area (Å²) in [5, 5.41) is 24.8. The van der Waals surface area contributed by atoms with Crippen LogP contribution in [-0.4, -0.2) is 45.4 Å². The lowest BCUT2D eigenvalue weighted by molar-refractivity contribution is -0.141. The van der Waals surface area contributed by atoms with Gasteiger partial charge in [0.05, 0.1) is 6.10 Å². The van der Waals surface area contributed by atoms with Gasteiger partial charge < -0.3 is 26.8 Å². The molecule has 3 atom stereocenters. The smallest absolute Gasteiger partial charge is 0.323 e. The van der Waals surface area contributed by atoms with E-state index in [1.165, 1.54) is 6.92 Å². The molecule has 7 nitrogen and oxygen atoms in total. The predicted molar refractivity (Wildman–Crippen MR) is 57.7 cm³/mol. The molecule has 7 heteroatoms. The van der Waals surface area contributed by atoms with Crippen LogP contribution in [0, 0.1) is 5.92 Å². The first kappa shape index (κ1) is 17.2. The Balaban J connectivity index is 0. The van der Waals surface area contributed by atoms with Crippen LogP contribution in [0.1, 0.15) is 20.8 Å². The van der Waals surface area contributed by atoms with E-state index >= 15 is 0 Å². The molecule has 0 aliphatic carbocycles. The van der Waals surface area contributed by atoms with E-state index < -0.39 is 30.1 Å². The van der Waals surface area contributed by atoms with Crippen LogP contribution in [0.3, 0.4) is 0 Å². The summed E-state index contributed by atoms with van der Waals surface area (Å²) in [6.07, 6.45) is -0.979. The summed E-state index contributed by atoms with van der Waals surface area (Å²) < 4.78 is 0. The van der Waals surface area contributed by atoms with Gasteiger partial charge in [0.1, 0.15) is 12.1 Å². The van der Waals surface area contributed by atoms with Gasteiger partial charge in [-0.25, -0.2) is 0 Å². The van der Waals surface area contributed by atoms with Crippen molar-refractivity contribution in [1.29, 1.82) is 0 Å². The molecular weight excluding hydrogens is 216 g/mol. The van der Waals surface area contributed by atoms with Crippen molar-refractivity contribution < 1.29 is 24.9 Å². The molecule has 0 amide bonds. The average molecular weight is 236 g/mol. The fourth-order valence-electron chi connectivity index (χ4n) is 0.491. The Bertz CT molecular complexity index is 206. The standard InChI is InChI=1S/C5H11NO2.C4H9NO3/c1-3(2)4(6)5(7)8;1-2(6)3(5)4(7)8/h3-4H,6H2,1-2H3,(H,7,8);2-3,6H,5H2,1H3,(H,7,8)/t4-;2?,3-/m00/s1. The minimum atomic E-state index is -1.18. The Hall–Kier alpha value is -1.18. The van der Waals surface area contributed by atoms with E-state index in [1.54, 1.807) is 13.8 Å². The number of carbonyl (C=O) groups is 2. The predicted octanol–water partition coefficient (Wildman–Crippen LogP) is -1.17. The molecule has 1 unspecified atom stereocenters. The van der Waals surface area contributed by atoms with Gasteiger partial charge in [0.25, 0.3) is 0 Å². The van der Waals surface area contributed by atoms with Crippen molar-refractivity contribution >= 4 is 11.9 Å². The number of hydrogen-bond acceptors (Lipinski definition) is 5. The maximum absolute atomic E-state index is 10.0. The van der Waals surface area contributed by atoms with E-state index in [-0.39, 0.29) is 5.92 Å². The maximum atomic E-state index is 10.0. The molecule has 0 radical (unpaired) electrons. The number of carboxylic acid groups (broad SMARTS) is 2. The molecule has 0 aromatic heterocycles. The Morgan fingerprint density at radius 3 is 1.25 bits per heavy atom. The van der Waals surface area contributed by atoms with Gasteiger partial charge in [-0.3, -0.25) is 9.59 Å². The van der Waals surface area contributed by atoms with E-state index in [2.05, 4.69) is 0 Å². The van der Waals surface area contributed by atoms with Crippen molar-refractivity contribution in [3.63, 3.8) is 0 Å². The van der Waals surface area contributed by atoms with Crippen LogP contribution in [0.5, 0.6) is 0 Å². The quantitative estimate of drug-likeness (QED) is 0.413. The number of aliphatic hydroxyl groups excluding tert-OH is 1. The molecule has 0 heterocycles. The molecule has 0 rings (SSSR count). The minimum absolute atomic E-state index is 0.0208. The lowest BCUT2D eigenvalue weighted by Crippen LogP contribution is -2.39. The van der Waals surface area contributed by atoms with E-state index in [0.29, 0.717) is 0 Å². The lowest BCUT2D eigenvalue weighted by Gasteiger charge is -2.07. The van der Waals surface area contributed by atoms with Crippen molar-refractivity contribution in [3.8, 4) is 0 Å². The summed E-state index contributed by atoms with van der Waals surface area (Å²) in [7, 11) is 0. The molecule has 0 aliphatic heterocycles. The first-order valence-corrected chi connectivity index (χ1v) is 4.76. The molecule has 0 aromatic carbocycles. The number of nitrogens with two attached hydrogens (primary N) is 2. The van der Waals surface area contributed by atoms with Gasteiger partial charge >= 0.3 is 11.9 Å². The molecule has 0 saturated carbocycles. The monoisotopic (exact) mass is 236 g/mol. The molecule has 96 valence electrons.